The predicted molar refractivity (Wildman–Crippen MR) is 80.8 cm³/mol. The van der Waals surface area contributed by atoms with E-state index in [0.29, 0.717) is 23.4 Å². The van der Waals surface area contributed by atoms with Gasteiger partial charge in [0, 0.05) is 29.3 Å². The van der Waals surface area contributed by atoms with Gasteiger partial charge in [-0.25, -0.2) is 0 Å². The Morgan fingerprint density at radius 1 is 1.36 bits per heavy atom. The van der Waals surface area contributed by atoms with Crippen LogP contribution in [0.2, 0.25) is 0 Å². The molecule has 1 amide bonds. The average Bonchev–Trinajstić information content (AvgIpc) is 2.77. The SMILES string of the molecule is Cc1ccc(NC(=O)CCc2c(C)noc2C)cc1[N+](=O)[O-]. The normalized spacial score (nSPS) is 10.5. The predicted octanol–water partition coefficient (Wildman–Crippen LogP) is 3.08. The first-order valence-corrected chi connectivity index (χ1v) is 6.85. The Labute approximate surface area is 127 Å². The van der Waals surface area contributed by atoms with Gasteiger partial charge in [0.15, 0.2) is 0 Å². The number of amides is 1. The van der Waals surface area contributed by atoms with Crippen LogP contribution in [0.5, 0.6) is 0 Å². The molecule has 7 heteroatoms. The lowest BCUT2D eigenvalue weighted by atomic mass is 10.1. The molecule has 0 aliphatic rings. The summed E-state index contributed by atoms with van der Waals surface area (Å²) < 4.78 is 5.04. The molecule has 2 rings (SSSR count). The van der Waals surface area contributed by atoms with Gasteiger partial charge in [0.05, 0.1) is 10.6 Å². The van der Waals surface area contributed by atoms with Gasteiger partial charge < -0.3 is 9.84 Å². The third-order valence-electron chi connectivity index (χ3n) is 3.47. The maximum atomic E-state index is 12.0. The van der Waals surface area contributed by atoms with E-state index in [1.54, 1.807) is 26.0 Å². The second kappa shape index (κ2) is 6.38. The molecule has 0 aliphatic carbocycles. The van der Waals surface area contributed by atoms with Crippen molar-refractivity contribution in [3.63, 3.8) is 0 Å². The Bertz CT molecular complexity index is 702. The van der Waals surface area contributed by atoms with Crippen molar-refractivity contribution >= 4 is 17.3 Å². The first kappa shape index (κ1) is 15.7. The Kier molecular flexibility index (Phi) is 4.55. The Balaban J connectivity index is 2.01. The summed E-state index contributed by atoms with van der Waals surface area (Å²) in [5.41, 5.74) is 2.66. The van der Waals surface area contributed by atoms with Gasteiger partial charge in [-0.2, -0.15) is 0 Å². The molecule has 0 saturated carbocycles. The summed E-state index contributed by atoms with van der Waals surface area (Å²) in [5.74, 6) is 0.495. The van der Waals surface area contributed by atoms with Crippen molar-refractivity contribution in [2.75, 3.05) is 5.32 Å². The first-order chi connectivity index (χ1) is 10.4. The molecule has 22 heavy (non-hydrogen) atoms. The molecule has 0 saturated heterocycles. The number of nitrogens with zero attached hydrogens (tertiary/aromatic N) is 2. The summed E-state index contributed by atoms with van der Waals surface area (Å²) in [5, 5.41) is 17.4. The standard InChI is InChI=1S/C15H17N3O4/c1-9-4-5-12(8-14(9)18(20)21)16-15(19)7-6-13-10(2)17-22-11(13)3/h4-5,8H,6-7H2,1-3H3,(H,16,19). The fraction of sp³-hybridized carbons (Fsp3) is 0.333. The van der Waals surface area contributed by atoms with Crippen molar-refractivity contribution in [2.24, 2.45) is 0 Å². The molecular formula is C15H17N3O4. The number of nitrogens with one attached hydrogen (secondary N) is 1. The van der Waals surface area contributed by atoms with Gasteiger partial charge >= 0.3 is 0 Å². The fourth-order valence-electron chi connectivity index (χ4n) is 2.20. The topological polar surface area (TPSA) is 98.3 Å². The minimum absolute atomic E-state index is 0.0106. The molecule has 2 aromatic rings. The van der Waals surface area contributed by atoms with Crippen molar-refractivity contribution in [2.45, 2.75) is 33.6 Å². The zero-order chi connectivity index (χ0) is 16.3. The van der Waals surface area contributed by atoms with E-state index >= 15 is 0 Å². The lowest BCUT2D eigenvalue weighted by Crippen LogP contribution is -2.13. The lowest BCUT2D eigenvalue weighted by Gasteiger charge is -2.06. The van der Waals surface area contributed by atoms with Crippen LogP contribution < -0.4 is 5.32 Å². The zero-order valence-electron chi connectivity index (χ0n) is 12.7. The smallest absolute Gasteiger partial charge is 0.274 e. The number of carbonyl (C=O) groups excluding carboxylic acids is 1. The van der Waals surface area contributed by atoms with Crippen molar-refractivity contribution in [1.82, 2.24) is 5.16 Å². The van der Waals surface area contributed by atoms with E-state index in [9.17, 15) is 14.9 Å². The molecule has 0 unspecified atom stereocenters. The van der Waals surface area contributed by atoms with E-state index in [4.69, 9.17) is 4.52 Å². The van der Waals surface area contributed by atoms with Crippen LogP contribution in [0, 0.1) is 30.9 Å². The van der Waals surface area contributed by atoms with Crippen molar-refractivity contribution < 1.29 is 14.2 Å². The summed E-state index contributed by atoms with van der Waals surface area (Å²) in [6.45, 7) is 5.28. The summed E-state index contributed by atoms with van der Waals surface area (Å²) in [4.78, 5) is 22.4. The van der Waals surface area contributed by atoms with Crippen LogP contribution in [0.3, 0.4) is 0 Å². The minimum atomic E-state index is -0.463. The summed E-state index contributed by atoms with van der Waals surface area (Å²) in [6.07, 6.45) is 0.769. The molecule has 0 atom stereocenters. The molecule has 1 aromatic heterocycles. The molecule has 7 nitrogen and oxygen atoms in total. The van der Waals surface area contributed by atoms with E-state index in [2.05, 4.69) is 10.5 Å². The number of rotatable bonds is 5. The van der Waals surface area contributed by atoms with E-state index < -0.39 is 4.92 Å². The van der Waals surface area contributed by atoms with Gasteiger partial charge in [0.25, 0.3) is 5.69 Å². The second-order valence-electron chi connectivity index (χ2n) is 5.11. The Hall–Kier alpha value is -2.70. The minimum Gasteiger partial charge on any atom is -0.361 e. The van der Waals surface area contributed by atoms with E-state index in [1.807, 2.05) is 6.92 Å². The van der Waals surface area contributed by atoms with Gasteiger partial charge in [0.1, 0.15) is 5.76 Å². The molecule has 1 aromatic carbocycles. The van der Waals surface area contributed by atoms with Crippen molar-refractivity contribution in [1.29, 1.82) is 0 Å². The number of carbonyl (C=O) groups is 1. The summed E-state index contributed by atoms with van der Waals surface area (Å²) >= 11 is 0. The highest BCUT2D eigenvalue weighted by Gasteiger charge is 2.14. The summed E-state index contributed by atoms with van der Waals surface area (Å²) in [6, 6.07) is 4.63. The third kappa shape index (κ3) is 3.49. The highest BCUT2D eigenvalue weighted by Crippen LogP contribution is 2.22. The largest absolute Gasteiger partial charge is 0.361 e. The van der Waals surface area contributed by atoms with E-state index in [1.165, 1.54) is 6.07 Å². The molecular weight excluding hydrogens is 286 g/mol. The Morgan fingerprint density at radius 3 is 2.68 bits per heavy atom. The maximum Gasteiger partial charge on any atom is 0.274 e. The van der Waals surface area contributed by atoms with Crippen LogP contribution in [0.15, 0.2) is 22.7 Å². The lowest BCUT2D eigenvalue weighted by molar-refractivity contribution is -0.385. The number of nitro benzene ring substituents is 1. The van der Waals surface area contributed by atoms with Gasteiger partial charge in [-0.3, -0.25) is 14.9 Å². The molecule has 0 spiro atoms. The number of anilines is 1. The number of benzene rings is 1. The van der Waals surface area contributed by atoms with Crippen LogP contribution in [0.25, 0.3) is 0 Å². The second-order valence-corrected chi connectivity index (χ2v) is 5.11. The van der Waals surface area contributed by atoms with E-state index in [-0.39, 0.29) is 18.0 Å². The third-order valence-corrected chi connectivity index (χ3v) is 3.47. The highest BCUT2D eigenvalue weighted by atomic mass is 16.6. The summed E-state index contributed by atoms with van der Waals surface area (Å²) in [7, 11) is 0. The molecule has 0 fully saturated rings. The number of nitro groups is 1. The van der Waals surface area contributed by atoms with Crippen molar-refractivity contribution in [3.05, 3.63) is 50.9 Å². The van der Waals surface area contributed by atoms with Gasteiger partial charge in [-0.1, -0.05) is 11.2 Å². The van der Waals surface area contributed by atoms with Crippen LogP contribution in [0.1, 0.15) is 29.0 Å². The number of aromatic nitrogens is 1. The number of hydrogen-bond acceptors (Lipinski definition) is 5. The fourth-order valence-corrected chi connectivity index (χ4v) is 2.20. The van der Waals surface area contributed by atoms with Crippen molar-refractivity contribution in [3.8, 4) is 0 Å². The Morgan fingerprint density at radius 2 is 2.09 bits per heavy atom. The molecule has 0 radical (unpaired) electrons. The maximum absolute atomic E-state index is 12.0. The number of aryl methyl sites for hydroxylation is 3. The van der Waals surface area contributed by atoms with Crippen LogP contribution >= 0.6 is 0 Å². The van der Waals surface area contributed by atoms with Crippen LogP contribution in [-0.4, -0.2) is 16.0 Å². The van der Waals surface area contributed by atoms with Crippen LogP contribution in [0.4, 0.5) is 11.4 Å². The molecule has 0 aliphatic heterocycles. The molecule has 116 valence electrons. The quantitative estimate of drug-likeness (QED) is 0.676. The monoisotopic (exact) mass is 303 g/mol. The van der Waals surface area contributed by atoms with Gasteiger partial charge in [-0.05, 0) is 33.3 Å². The van der Waals surface area contributed by atoms with Gasteiger partial charge in [0.2, 0.25) is 5.91 Å². The zero-order valence-corrected chi connectivity index (χ0v) is 12.7. The molecule has 1 N–H and O–H groups in total. The van der Waals surface area contributed by atoms with Crippen LogP contribution in [-0.2, 0) is 11.2 Å². The molecule has 0 bridgehead atoms. The van der Waals surface area contributed by atoms with E-state index in [0.717, 1.165) is 11.3 Å². The highest BCUT2D eigenvalue weighted by molar-refractivity contribution is 5.91. The molecule has 1 heterocycles. The average molecular weight is 303 g/mol. The van der Waals surface area contributed by atoms with Gasteiger partial charge in [-0.15, -0.1) is 0 Å². The number of hydrogen-bond donors (Lipinski definition) is 1. The first-order valence-electron chi connectivity index (χ1n) is 6.85.